The van der Waals surface area contributed by atoms with Crippen LogP contribution >= 0.6 is 15.9 Å². The maximum absolute atomic E-state index is 5.21. The summed E-state index contributed by atoms with van der Waals surface area (Å²) in [5.74, 6) is 0.862. The minimum absolute atomic E-state index is 0.245. The van der Waals surface area contributed by atoms with E-state index in [2.05, 4.69) is 40.3 Å². The normalized spacial score (nSPS) is 11.9. The van der Waals surface area contributed by atoms with Crippen LogP contribution in [0.3, 0.4) is 0 Å². The summed E-state index contributed by atoms with van der Waals surface area (Å²) in [6.45, 7) is 2.14. The molecule has 0 bridgehead atoms. The summed E-state index contributed by atoms with van der Waals surface area (Å²) >= 11 is 3.49. The number of anilines is 1. The lowest BCUT2D eigenvalue weighted by Crippen LogP contribution is -2.06. The summed E-state index contributed by atoms with van der Waals surface area (Å²) < 4.78 is 6.31. The first-order valence-electron chi connectivity index (χ1n) is 5.85. The third-order valence-corrected chi connectivity index (χ3v) is 3.29. The zero-order chi connectivity index (χ0) is 13.0. The third kappa shape index (κ3) is 3.26. The Morgan fingerprint density at radius 3 is 2.61 bits per heavy atom. The van der Waals surface area contributed by atoms with E-state index in [-0.39, 0.29) is 6.04 Å². The molecule has 0 aliphatic rings. The topological polar surface area (TPSA) is 21.3 Å². The molecule has 0 aromatic heterocycles. The van der Waals surface area contributed by atoms with Gasteiger partial charge in [0.15, 0.2) is 0 Å². The summed E-state index contributed by atoms with van der Waals surface area (Å²) in [4.78, 5) is 0. The van der Waals surface area contributed by atoms with Gasteiger partial charge in [-0.05, 0) is 36.8 Å². The van der Waals surface area contributed by atoms with Crippen molar-refractivity contribution in [1.82, 2.24) is 0 Å². The lowest BCUT2D eigenvalue weighted by Gasteiger charge is -2.16. The van der Waals surface area contributed by atoms with E-state index in [4.69, 9.17) is 4.74 Å². The lowest BCUT2D eigenvalue weighted by molar-refractivity contribution is 0.415. The molecule has 2 aromatic carbocycles. The number of nitrogens with one attached hydrogen (secondary N) is 1. The molecule has 0 spiro atoms. The van der Waals surface area contributed by atoms with Crippen LogP contribution in [0.1, 0.15) is 18.5 Å². The van der Waals surface area contributed by atoms with Crippen molar-refractivity contribution < 1.29 is 4.74 Å². The van der Waals surface area contributed by atoms with Gasteiger partial charge in [0, 0.05) is 22.3 Å². The van der Waals surface area contributed by atoms with Crippen molar-refractivity contribution in [3.63, 3.8) is 0 Å². The number of ether oxygens (including phenoxy) is 1. The molecular formula is C15H16BrNO. The summed E-state index contributed by atoms with van der Waals surface area (Å²) in [6.07, 6.45) is 0. The van der Waals surface area contributed by atoms with E-state index < -0.39 is 0 Å². The van der Waals surface area contributed by atoms with Gasteiger partial charge in [-0.2, -0.15) is 0 Å². The number of methoxy groups -OCH3 is 1. The van der Waals surface area contributed by atoms with Crippen molar-refractivity contribution in [2.24, 2.45) is 0 Å². The van der Waals surface area contributed by atoms with Gasteiger partial charge in [0.25, 0.3) is 0 Å². The zero-order valence-corrected chi connectivity index (χ0v) is 12.1. The van der Waals surface area contributed by atoms with Crippen LogP contribution in [0.25, 0.3) is 0 Å². The molecule has 1 N–H and O–H groups in total. The Kier molecular flexibility index (Phi) is 4.26. The van der Waals surface area contributed by atoms with Gasteiger partial charge < -0.3 is 10.1 Å². The second-order valence-electron chi connectivity index (χ2n) is 4.15. The Morgan fingerprint density at radius 2 is 1.89 bits per heavy atom. The van der Waals surface area contributed by atoms with E-state index in [9.17, 15) is 0 Å². The number of rotatable bonds is 4. The van der Waals surface area contributed by atoms with E-state index in [0.29, 0.717) is 0 Å². The molecule has 18 heavy (non-hydrogen) atoms. The predicted molar refractivity (Wildman–Crippen MR) is 79.2 cm³/mol. The molecule has 3 heteroatoms. The van der Waals surface area contributed by atoms with Gasteiger partial charge in [0.2, 0.25) is 0 Å². The Morgan fingerprint density at radius 1 is 1.11 bits per heavy atom. The van der Waals surface area contributed by atoms with Crippen molar-refractivity contribution in [2.45, 2.75) is 13.0 Å². The molecule has 2 aromatic rings. The molecule has 1 atom stereocenters. The van der Waals surface area contributed by atoms with Crippen LogP contribution < -0.4 is 10.1 Å². The second kappa shape index (κ2) is 5.91. The van der Waals surface area contributed by atoms with Crippen molar-refractivity contribution in [3.05, 3.63) is 58.6 Å². The molecule has 2 rings (SSSR count). The zero-order valence-electron chi connectivity index (χ0n) is 10.5. The average Bonchev–Trinajstić information content (AvgIpc) is 2.39. The molecule has 0 saturated carbocycles. The Balaban J connectivity index is 2.13. The van der Waals surface area contributed by atoms with E-state index in [1.807, 2.05) is 36.4 Å². The van der Waals surface area contributed by atoms with Crippen molar-refractivity contribution in [1.29, 1.82) is 0 Å². The van der Waals surface area contributed by atoms with E-state index >= 15 is 0 Å². The third-order valence-electron chi connectivity index (χ3n) is 2.80. The highest BCUT2D eigenvalue weighted by atomic mass is 79.9. The smallest absolute Gasteiger partial charge is 0.120 e. The fraction of sp³-hybridized carbons (Fsp3) is 0.200. The molecule has 94 valence electrons. The summed E-state index contributed by atoms with van der Waals surface area (Å²) in [5.41, 5.74) is 2.30. The maximum Gasteiger partial charge on any atom is 0.120 e. The Hall–Kier alpha value is -1.48. The van der Waals surface area contributed by atoms with Gasteiger partial charge in [0.1, 0.15) is 5.75 Å². The Labute approximate surface area is 116 Å². The highest BCUT2D eigenvalue weighted by Crippen LogP contribution is 2.24. The number of halogens is 1. The fourth-order valence-corrected chi connectivity index (χ4v) is 2.24. The predicted octanol–water partition coefficient (Wildman–Crippen LogP) is 4.63. The molecule has 0 amide bonds. The van der Waals surface area contributed by atoms with Gasteiger partial charge in [-0.1, -0.05) is 34.1 Å². The first-order valence-corrected chi connectivity index (χ1v) is 6.64. The van der Waals surface area contributed by atoms with Crippen LogP contribution in [0.15, 0.2) is 53.0 Å². The van der Waals surface area contributed by atoms with E-state index in [1.54, 1.807) is 7.11 Å². The first kappa shape index (κ1) is 13.0. The van der Waals surface area contributed by atoms with Crippen LogP contribution in [0.5, 0.6) is 5.75 Å². The van der Waals surface area contributed by atoms with E-state index in [1.165, 1.54) is 5.56 Å². The van der Waals surface area contributed by atoms with Gasteiger partial charge in [-0.3, -0.25) is 0 Å². The molecule has 0 saturated heterocycles. The standard InChI is InChI=1S/C15H16BrNO/c1-11(12-5-3-6-13(16)9-12)17-14-7-4-8-15(10-14)18-2/h3-11,17H,1-2H3. The quantitative estimate of drug-likeness (QED) is 0.889. The minimum atomic E-state index is 0.245. The molecule has 1 unspecified atom stereocenters. The van der Waals surface area contributed by atoms with Gasteiger partial charge in [-0.15, -0.1) is 0 Å². The SMILES string of the molecule is COc1cccc(NC(C)c2cccc(Br)c2)c1. The molecular weight excluding hydrogens is 290 g/mol. The summed E-state index contributed by atoms with van der Waals surface area (Å²) in [7, 11) is 1.68. The van der Waals surface area contributed by atoms with E-state index in [0.717, 1.165) is 15.9 Å². The van der Waals surface area contributed by atoms with Crippen LogP contribution in [0.2, 0.25) is 0 Å². The minimum Gasteiger partial charge on any atom is -0.497 e. The van der Waals surface area contributed by atoms with Crippen LogP contribution in [-0.2, 0) is 0 Å². The van der Waals surface area contributed by atoms with Gasteiger partial charge in [0.05, 0.1) is 7.11 Å². The van der Waals surface area contributed by atoms with Crippen LogP contribution in [0, 0.1) is 0 Å². The highest BCUT2D eigenvalue weighted by molar-refractivity contribution is 9.10. The van der Waals surface area contributed by atoms with Crippen molar-refractivity contribution in [2.75, 3.05) is 12.4 Å². The Bertz CT molecular complexity index is 527. The van der Waals surface area contributed by atoms with Gasteiger partial charge >= 0.3 is 0 Å². The number of benzene rings is 2. The molecule has 2 nitrogen and oxygen atoms in total. The number of hydrogen-bond donors (Lipinski definition) is 1. The monoisotopic (exact) mass is 305 g/mol. The maximum atomic E-state index is 5.21. The van der Waals surface area contributed by atoms with Gasteiger partial charge in [-0.25, -0.2) is 0 Å². The van der Waals surface area contributed by atoms with Crippen molar-refractivity contribution >= 4 is 21.6 Å². The molecule has 0 aliphatic heterocycles. The molecule has 0 fully saturated rings. The average molecular weight is 306 g/mol. The second-order valence-corrected chi connectivity index (χ2v) is 5.07. The highest BCUT2D eigenvalue weighted by Gasteiger charge is 2.05. The molecule has 0 heterocycles. The molecule has 0 aliphatic carbocycles. The largest absolute Gasteiger partial charge is 0.497 e. The summed E-state index contributed by atoms with van der Waals surface area (Å²) in [5, 5.41) is 3.46. The van der Waals surface area contributed by atoms with Crippen LogP contribution in [0.4, 0.5) is 5.69 Å². The fourth-order valence-electron chi connectivity index (χ4n) is 1.82. The first-order chi connectivity index (χ1) is 8.69. The van der Waals surface area contributed by atoms with Crippen molar-refractivity contribution in [3.8, 4) is 5.75 Å². The van der Waals surface area contributed by atoms with Crippen LogP contribution in [-0.4, -0.2) is 7.11 Å². The number of hydrogen-bond acceptors (Lipinski definition) is 2. The molecule has 0 radical (unpaired) electrons. The summed E-state index contributed by atoms with van der Waals surface area (Å²) in [6, 6.07) is 16.5. The lowest BCUT2D eigenvalue weighted by atomic mass is 10.1.